The standard InChI is InChI=1S/C20H25NO2/c1-14-5-6-15(2)19(13-14)16(3)21-20(22)12-9-17-7-10-18(23-4)11-8-17/h5-8,10-11,13,16H,9,12H2,1-4H3,(H,21,22)/t16-/m1/s1. The first-order chi connectivity index (χ1) is 11.0. The maximum Gasteiger partial charge on any atom is 0.220 e. The highest BCUT2D eigenvalue weighted by Crippen LogP contribution is 2.19. The summed E-state index contributed by atoms with van der Waals surface area (Å²) in [5, 5.41) is 3.09. The van der Waals surface area contributed by atoms with Gasteiger partial charge in [0.1, 0.15) is 5.75 Å². The van der Waals surface area contributed by atoms with Gasteiger partial charge < -0.3 is 10.1 Å². The maximum absolute atomic E-state index is 12.2. The number of methoxy groups -OCH3 is 1. The first kappa shape index (κ1) is 17.1. The molecule has 0 fully saturated rings. The summed E-state index contributed by atoms with van der Waals surface area (Å²) in [6.45, 7) is 6.18. The molecule has 0 aliphatic carbocycles. The van der Waals surface area contributed by atoms with Crippen LogP contribution >= 0.6 is 0 Å². The molecule has 2 rings (SSSR count). The van der Waals surface area contributed by atoms with Crippen molar-refractivity contribution < 1.29 is 9.53 Å². The maximum atomic E-state index is 12.2. The van der Waals surface area contributed by atoms with Crippen molar-refractivity contribution in [1.82, 2.24) is 5.32 Å². The van der Waals surface area contributed by atoms with Crippen LogP contribution in [0.5, 0.6) is 5.75 Å². The smallest absolute Gasteiger partial charge is 0.220 e. The highest BCUT2D eigenvalue weighted by Gasteiger charge is 2.12. The molecule has 0 bridgehead atoms. The zero-order valence-corrected chi connectivity index (χ0v) is 14.3. The molecule has 3 nitrogen and oxygen atoms in total. The molecule has 0 unspecified atom stereocenters. The van der Waals surface area contributed by atoms with E-state index in [1.807, 2.05) is 31.2 Å². The number of amides is 1. The van der Waals surface area contributed by atoms with E-state index in [2.05, 4.69) is 37.4 Å². The third-order valence-corrected chi connectivity index (χ3v) is 4.08. The number of ether oxygens (including phenoxy) is 1. The van der Waals surface area contributed by atoms with E-state index in [0.29, 0.717) is 6.42 Å². The van der Waals surface area contributed by atoms with Crippen molar-refractivity contribution in [2.24, 2.45) is 0 Å². The molecule has 0 radical (unpaired) electrons. The van der Waals surface area contributed by atoms with Crippen LogP contribution in [0.4, 0.5) is 0 Å². The Labute approximate surface area is 138 Å². The Kier molecular flexibility index (Phi) is 5.80. The summed E-state index contributed by atoms with van der Waals surface area (Å²) in [6, 6.07) is 14.2. The Balaban J connectivity index is 1.89. The molecule has 0 saturated heterocycles. The molecule has 0 spiro atoms. The van der Waals surface area contributed by atoms with Gasteiger partial charge in [-0.25, -0.2) is 0 Å². The van der Waals surface area contributed by atoms with E-state index in [1.165, 1.54) is 16.7 Å². The van der Waals surface area contributed by atoms with Crippen molar-refractivity contribution in [1.29, 1.82) is 0 Å². The third-order valence-electron chi connectivity index (χ3n) is 4.08. The van der Waals surface area contributed by atoms with Gasteiger partial charge >= 0.3 is 0 Å². The summed E-state index contributed by atoms with van der Waals surface area (Å²) in [7, 11) is 1.65. The van der Waals surface area contributed by atoms with Gasteiger partial charge in [-0.15, -0.1) is 0 Å². The average Bonchev–Trinajstić information content (AvgIpc) is 2.55. The second-order valence-electron chi connectivity index (χ2n) is 6.00. The van der Waals surface area contributed by atoms with Crippen molar-refractivity contribution in [3.8, 4) is 5.75 Å². The molecule has 1 amide bonds. The summed E-state index contributed by atoms with van der Waals surface area (Å²) in [5.74, 6) is 0.913. The molecule has 0 aliphatic rings. The summed E-state index contributed by atoms with van der Waals surface area (Å²) in [5.41, 5.74) is 4.74. The highest BCUT2D eigenvalue weighted by molar-refractivity contribution is 5.76. The minimum absolute atomic E-state index is 0.0262. The molecule has 23 heavy (non-hydrogen) atoms. The topological polar surface area (TPSA) is 38.3 Å². The number of aryl methyl sites for hydroxylation is 3. The number of hydrogen-bond acceptors (Lipinski definition) is 2. The van der Waals surface area contributed by atoms with Crippen LogP contribution < -0.4 is 10.1 Å². The fraction of sp³-hybridized carbons (Fsp3) is 0.350. The van der Waals surface area contributed by atoms with E-state index in [9.17, 15) is 4.79 Å². The zero-order valence-electron chi connectivity index (χ0n) is 14.3. The van der Waals surface area contributed by atoms with Crippen molar-refractivity contribution in [3.63, 3.8) is 0 Å². The van der Waals surface area contributed by atoms with Crippen LogP contribution in [0.1, 0.15) is 41.6 Å². The van der Waals surface area contributed by atoms with E-state index < -0.39 is 0 Å². The van der Waals surface area contributed by atoms with Gasteiger partial charge in [0.05, 0.1) is 13.2 Å². The first-order valence-electron chi connectivity index (χ1n) is 7.99. The van der Waals surface area contributed by atoms with Gasteiger partial charge in [0.25, 0.3) is 0 Å². The molecule has 3 heteroatoms. The van der Waals surface area contributed by atoms with Crippen LogP contribution in [0.2, 0.25) is 0 Å². The van der Waals surface area contributed by atoms with E-state index in [0.717, 1.165) is 17.7 Å². The summed E-state index contributed by atoms with van der Waals surface area (Å²) >= 11 is 0. The van der Waals surface area contributed by atoms with Gasteiger partial charge in [-0.1, -0.05) is 35.9 Å². The second-order valence-corrected chi connectivity index (χ2v) is 6.00. The number of nitrogens with one attached hydrogen (secondary N) is 1. The molecule has 122 valence electrons. The van der Waals surface area contributed by atoms with E-state index >= 15 is 0 Å². The lowest BCUT2D eigenvalue weighted by atomic mass is 10.00. The molecule has 0 aromatic heterocycles. The highest BCUT2D eigenvalue weighted by atomic mass is 16.5. The molecule has 0 aliphatic heterocycles. The normalized spacial score (nSPS) is 11.8. The van der Waals surface area contributed by atoms with Crippen LogP contribution in [-0.4, -0.2) is 13.0 Å². The molecule has 1 atom stereocenters. The molecule has 1 N–H and O–H groups in total. The Morgan fingerprint density at radius 1 is 1.13 bits per heavy atom. The summed E-state index contributed by atoms with van der Waals surface area (Å²) in [4.78, 5) is 12.2. The lowest BCUT2D eigenvalue weighted by Gasteiger charge is -2.17. The van der Waals surface area contributed by atoms with Crippen molar-refractivity contribution >= 4 is 5.91 Å². The molecule has 0 heterocycles. The van der Waals surface area contributed by atoms with Crippen molar-refractivity contribution in [2.45, 2.75) is 39.7 Å². The lowest BCUT2D eigenvalue weighted by molar-refractivity contribution is -0.121. The minimum atomic E-state index is 0.0262. The average molecular weight is 311 g/mol. The second kappa shape index (κ2) is 7.82. The Hall–Kier alpha value is -2.29. The summed E-state index contributed by atoms with van der Waals surface area (Å²) < 4.78 is 5.14. The lowest BCUT2D eigenvalue weighted by Crippen LogP contribution is -2.27. The van der Waals surface area contributed by atoms with Gasteiger partial charge in [0.2, 0.25) is 5.91 Å². The molecule has 2 aromatic carbocycles. The van der Waals surface area contributed by atoms with Crippen molar-refractivity contribution in [2.75, 3.05) is 7.11 Å². The van der Waals surface area contributed by atoms with Crippen LogP contribution in [-0.2, 0) is 11.2 Å². The zero-order chi connectivity index (χ0) is 16.8. The monoisotopic (exact) mass is 311 g/mol. The third kappa shape index (κ3) is 4.85. The molecule has 0 saturated carbocycles. The largest absolute Gasteiger partial charge is 0.497 e. The van der Waals surface area contributed by atoms with Crippen molar-refractivity contribution in [3.05, 3.63) is 64.7 Å². The number of carbonyl (C=O) groups is 1. The SMILES string of the molecule is COc1ccc(CCC(=O)N[C@H](C)c2cc(C)ccc2C)cc1. The Bertz CT molecular complexity index is 662. The van der Waals surface area contributed by atoms with Crippen LogP contribution in [0.15, 0.2) is 42.5 Å². The fourth-order valence-electron chi connectivity index (χ4n) is 2.67. The number of benzene rings is 2. The number of rotatable bonds is 6. The van der Waals surface area contributed by atoms with Gasteiger partial charge in [-0.2, -0.15) is 0 Å². The Morgan fingerprint density at radius 3 is 2.48 bits per heavy atom. The van der Waals surface area contributed by atoms with E-state index in [-0.39, 0.29) is 11.9 Å². The number of carbonyl (C=O) groups excluding carboxylic acids is 1. The quantitative estimate of drug-likeness (QED) is 0.871. The van der Waals surface area contributed by atoms with Crippen LogP contribution in [0, 0.1) is 13.8 Å². The minimum Gasteiger partial charge on any atom is -0.497 e. The van der Waals surface area contributed by atoms with Crippen LogP contribution in [0.3, 0.4) is 0 Å². The van der Waals surface area contributed by atoms with Gasteiger partial charge in [-0.05, 0) is 56.0 Å². The Morgan fingerprint density at radius 2 is 1.83 bits per heavy atom. The van der Waals surface area contributed by atoms with Crippen LogP contribution in [0.25, 0.3) is 0 Å². The molecule has 2 aromatic rings. The first-order valence-corrected chi connectivity index (χ1v) is 7.99. The predicted octanol–water partition coefficient (Wildman–Crippen LogP) is 4.12. The fourth-order valence-corrected chi connectivity index (χ4v) is 2.67. The van der Waals surface area contributed by atoms with E-state index in [4.69, 9.17) is 4.74 Å². The van der Waals surface area contributed by atoms with E-state index in [1.54, 1.807) is 7.11 Å². The molecular formula is C20H25NO2. The van der Waals surface area contributed by atoms with Gasteiger partial charge in [-0.3, -0.25) is 4.79 Å². The number of hydrogen-bond donors (Lipinski definition) is 1. The summed E-state index contributed by atoms with van der Waals surface area (Å²) in [6.07, 6.45) is 1.22. The predicted molar refractivity (Wildman–Crippen MR) is 93.8 cm³/mol. The molecular weight excluding hydrogens is 286 g/mol. The van der Waals surface area contributed by atoms with Gasteiger partial charge in [0, 0.05) is 6.42 Å². The van der Waals surface area contributed by atoms with Gasteiger partial charge in [0.15, 0.2) is 0 Å².